The van der Waals surface area contributed by atoms with Crippen LogP contribution in [0.15, 0.2) is 47.1 Å². The lowest BCUT2D eigenvalue weighted by Crippen LogP contribution is -2.12. The third kappa shape index (κ3) is 3.25. The van der Waals surface area contributed by atoms with E-state index in [2.05, 4.69) is 20.6 Å². The van der Waals surface area contributed by atoms with Crippen molar-refractivity contribution < 1.29 is 18.8 Å². The maximum Gasteiger partial charge on any atom is 0.277 e. The predicted molar refractivity (Wildman–Crippen MR) is 101 cm³/mol. The Hall–Kier alpha value is -3.88. The molecule has 0 aliphatic heterocycles. The number of aromatic nitrogens is 4. The van der Waals surface area contributed by atoms with Gasteiger partial charge in [0.05, 0.1) is 19.9 Å². The van der Waals surface area contributed by atoms with Crippen LogP contribution >= 0.6 is 0 Å². The van der Waals surface area contributed by atoms with Gasteiger partial charge in [-0.05, 0) is 31.2 Å². The van der Waals surface area contributed by atoms with Gasteiger partial charge in [-0.15, -0.1) is 0 Å². The summed E-state index contributed by atoms with van der Waals surface area (Å²) in [5.74, 6) is 1.79. The number of nitrogens with one attached hydrogen (secondary N) is 1. The summed E-state index contributed by atoms with van der Waals surface area (Å²) in [7, 11) is 3.16. The van der Waals surface area contributed by atoms with E-state index < -0.39 is 5.91 Å². The van der Waals surface area contributed by atoms with Crippen molar-refractivity contribution in [2.24, 2.45) is 0 Å². The van der Waals surface area contributed by atoms with E-state index in [0.717, 1.165) is 5.56 Å². The SMILES string of the molecule is COc1ccc(-c2ccn3nc(C(=O)Nc4cc(C)on4)cc3n2)cc1OC. The van der Waals surface area contributed by atoms with E-state index in [1.807, 2.05) is 24.3 Å². The number of carbonyl (C=O) groups is 1. The molecule has 28 heavy (non-hydrogen) atoms. The highest BCUT2D eigenvalue weighted by Crippen LogP contribution is 2.31. The molecular formula is C19H17N5O4. The van der Waals surface area contributed by atoms with Crippen LogP contribution in [-0.2, 0) is 0 Å². The van der Waals surface area contributed by atoms with E-state index in [1.54, 1.807) is 39.5 Å². The Kier molecular flexibility index (Phi) is 4.40. The molecule has 0 spiro atoms. The number of hydrogen-bond acceptors (Lipinski definition) is 7. The van der Waals surface area contributed by atoms with Crippen molar-refractivity contribution in [2.45, 2.75) is 6.92 Å². The highest BCUT2D eigenvalue weighted by atomic mass is 16.5. The van der Waals surface area contributed by atoms with Crippen molar-refractivity contribution in [3.8, 4) is 22.8 Å². The minimum Gasteiger partial charge on any atom is -0.493 e. The van der Waals surface area contributed by atoms with Gasteiger partial charge in [-0.3, -0.25) is 4.79 Å². The Bertz CT molecular complexity index is 1160. The van der Waals surface area contributed by atoms with Crippen molar-refractivity contribution in [2.75, 3.05) is 19.5 Å². The predicted octanol–water partition coefficient (Wildman–Crippen LogP) is 2.96. The third-order valence-corrected chi connectivity index (χ3v) is 4.11. The second kappa shape index (κ2) is 7.03. The van der Waals surface area contributed by atoms with Gasteiger partial charge in [0.2, 0.25) is 0 Å². The number of hydrogen-bond donors (Lipinski definition) is 1. The first-order valence-electron chi connectivity index (χ1n) is 8.41. The van der Waals surface area contributed by atoms with Gasteiger partial charge < -0.3 is 19.3 Å². The molecule has 1 amide bonds. The average Bonchev–Trinajstić information content (AvgIpc) is 3.32. The summed E-state index contributed by atoms with van der Waals surface area (Å²) < 4.78 is 17.1. The van der Waals surface area contributed by atoms with E-state index in [9.17, 15) is 4.79 Å². The molecule has 0 aliphatic carbocycles. The van der Waals surface area contributed by atoms with E-state index in [-0.39, 0.29) is 5.69 Å². The number of carbonyl (C=O) groups excluding carboxylic acids is 1. The van der Waals surface area contributed by atoms with E-state index in [1.165, 1.54) is 4.52 Å². The molecule has 4 rings (SSSR count). The van der Waals surface area contributed by atoms with Crippen LogP contribution in [0, 0.1) is 6.92 Å². The Morgan fingerprint density at radius 3 is 2.64 bits per heavy atom. The number of benzene rings is 1. The summed E-state index contributed by atoms with van der Waals surface area (Å²) in [6.45, 7) is 1.74. The van der Waals surface area contributed by atoms with Gasteiger partial charge in [0.15, 0.2) is 28.7 Å². The van der Waals surface area contributed by atoms with Crippen molar-refractivity contribution >= 4 is 17.4 Å². The number of anilines is 1. The first kappa shape index (κ1) is 17.5. The Morgan fingerprint density at radius 1 is 1.11 bits per heavy atom. The van der Waals surface area contributed by atoms with Gasteiger partial charge in [-0.2, -0.15) is 5.10 Å². The molecule has 3 aromatic heterocycles. The summed E-state index contributed by atoms with van der Waals surface area (Å²) >= 11 is 0. The fourth-order valence-electron chi connectivity index (χ4n) is 2.75. The van der Waals surface area contributed by atoms with E-state index in [4.69, 9.17) is 14.0 Å². The van der Waals surface area contributed by atoms with Gasteiger partial charge in [0.25, 0.3) is 5.91 Å². The summed E-state index contributed by atoms with van der Waals surface area (Å²) in [5, 5.41) is 10.6. The molecule has 1 N–H and O–H groups in total. The van der Waals surface area contributed by atoms with Crippen LogP contribution in [0.5, 0.6) is 11.5 Å². The monoisotopic (exact) mass is 379 g/mol. The molecule has 0 aliphatic rings. The molecule has 0 bridgehead atoms. The zero-order valence-corrected chi connectivity index (χ0v) is 15.5. The number of rotatable bonds is 5. The molecule has 0 radical (unpaired) electrons. The van der Waals surface area contributed by atoms with Crippen LogP contribution in [0.25, 0.3) is 16.9 Å². The lowest BCUT2D eigenvalue weighted by Gasteiger charge is -2.09. The maximum atomic E-state index is 12.4. The molecule has 0 saturated heterocycles. The minimum absolute atomic E-state index is 0.220. The largest absolute Gasteiger partial charge is 0.493 e. The molecular weight excluding hydrogens is 362 g/mol. The average molecular weight is 379 g/mol. The van der Waals surface area contributed by atoms with Gasteiger partial charge in [-0.1, -0.05) is 5.16 Å². The number of nitrogens with zero attached hydrogens (tertiary/aromatic N) is 4. The first-order valence-corrected chi connectivity index (χ1v) is 8.41. The number of ether oxygens (including phenoxy) is 2. The summed E-state index contributed by atoms with van der Waals surface area (Å²) in [6.07, 6.45) is 1.74. The van der Waals surface area contributed by atoms with Gasteiger partial charge in [0, 0.05) is 23.9 Å². The highest BCUT2D eigenvalue weighted by molar-refractivity contribution is 6.02. The topological polar surface area (TPSA) is 104 Å². The van der Waals surface area contributed by atoms with Crippen LogP contribution in [0.4, 0.5) is 5.82 Å². The molecule has 0 saturated carbocycles. The normalized spacial score (nSPS) is 10.8. The summed E-state index contributed by atoms with van der Waals surface area (Å²) in [4.78, 5) is 17.0. The molecule has 9 nitrogen and oxygen atoms in total. The molecule has 3 heterocycles. The number of fused-ring (bicyclic) bond motifs is 1. The zero-order chi connectivity index (χ0) is 19.7. The Balaban J connectivity index is 1.64. The second-order valence-corrected chi connectivity index (χ2v) is 5.99. The quantitative estimate of drug-likeness (QED) is 0.568. The Labute approximate surface area is 159 Å². The van der Waals surface area contributed by atoms with Crippen LogP contribution in [0.3, 0.4) is 0 Å². The molecule has 0 fully saturated rings. The fraction of sp³-hybridized carbons (Fsp3) is 0.158. The van der Waals surface area contributed by atoms with Crippen molar-refractivity contribution in [1.82, 2.24) is 19.8 Å². The van der Waals surface area contributed by atoms with Crippen molar-refractivity contribution in [3.63, 3.8) is 0 Å². The standard InChI is InChI=1S/C19H17N5O4/c1-11-8-17(23-28-11)21-19(25)14-10-18-20-13(6-7-24(18)22-14)12-4-5-15(26-2)16(9-12)27-3/h4-10H,1-3H3,(H,21,23,25). The first-order chi connectivity index (χ1) is 13.6. The van der Waals surface area contributed by atoms with Crippen LogP contribution in [0.2, 0.25) is 0 Å². The van der Waals surface area contributed by atoms with E-state index in [0.29, 0.717) is 34.4 Å². The molecule has 4 aromatic rings. The molecule has 0 atom stereocenters. The highest BCUT2D eigenvalue weighted by Gasteiger charge is 2.15. The smallest absolute Gasteiger partial charge is 0.277 e. The second-order valence-electron chi connectivity index (χ2n) is 5.99. The molecule has 9 heteroatoms. The molecule has 1 aromatic carbocycles. The molecule has 0 unspecified atom stereocenters. The third-order valence-electron chi connectivity index (χ3n) is 4.11. The van der Waals surface area contributed by atoms with Crippen LogP contribution in [0.1, 0.15) is 16.2 Å². The molecule has 142 valence electrons. The lowest BCUT2D eigenvalue weighted by atomic mass is 10.1. The number of amides is 1. The maximum absolute atomic E-state index is 12.4. The minimum atomic E-state index is -0.397. The fourth-order valence-corrected chi connectivity index (χ4v) is 2.75. The van der Waals surface area contributed by atoms with Crippen molar-refractivity contribution in [1.29, 1.82) is 0 Å². The van der Waals surface area contributed by atoms with Crippen molar-refractivity contribution in [3.05, 3.63) is 54.0 Å². The lowest BCUT2D eigenvalue weighted by molar-refractivity contribution is 0.102. The van der Waals surface area contributed by atoms with E-state index >= 15 is 0 Å². The van der Waals surface area contributed by atoms with Gasteiger partial charge in [0.1, 0.15) is 5.76 Å². The summed E-state index contributed by atoms with van der Waals surface area (Å²) in [6, 6.07) is 10.6. The van der Waals surface area contributed by atoms with Gasteiger partial charge in [-0.25, -0.2) is 9.50 Å². The van der Waals surface area contributed by atoms with Crippen LogP contribution in [-0.4, -0.2) is 39.9 Å². The number of methoxy groups -OCH3 is 2. The van der Waals surface area contributed by atoms with Gasteiger partial charge >= 0.3 is 0 Å². The van der Waals surface area contributed by atoms with Crippen LogP contribution < -0.4 is 14.8 Å². The Morgan fingerprint density at radius 2 is 1.93 bits per heavy atom. The number of aryl methyl sites for hydroxylation is 1. The summed E-state index contributed by atoms with van der Waals surface area (Å²) in [5.41, 5.74) is 2.32. The zero-order valence-electron chi connectivity index (χ0n) is 15.5.